The monoisotopic (exact) mass is 355 g/mol. The van der Waals surface area contributed by atoms with Gasteiger partial charge in [-0.3, -0.25) is 5.43 Å². The quantitative estimate of drug-likeness (QED) is 0.363. The van der Waals surface area contributed by atoms with Crippen LogP contribution in [0.25, 0.3) is 0 Å². The molecule has 0 aromatic carbocycles. The number of amides is 1. The lowest BCUT2D eigenvalue weighted by atomic mass is 10.2. The number of esters is 1. The van der Waals surface area contributed by atoms with Crippen molar-refractivity contribution in [3.05, 3.63) is 35.6 Å². The van der Waals surface area contributed by atoms with Gasteiger partial charge in [0, 0.05) is 12.3 Å². The van der Waals surface area contributed by atoms with E-state index >= 15 is 0 Å². The number of halogens is 1. The minimum absolute atomic E-state index is 0.150. The molecule has 0 aliphatic carbocycles. The number of nitrogens with zero attached hydrogens (tertiary/aromatic N) is 2. The standard InChI is InChI=1S/C16H22ClN3O4/c1-6-8-20(15(22)24-16(3,4)5)19-12-9-13(17)18-10-11(12)14(21)23-7-2/h6,9-10H,1,7-8H2,2-5H3,(H,18,19). The number of rotatable bonds is 6. The third-order valence-electron chi connectivity index (χ3n) is 2.55. The van der Waals surface area contributed by atoms with Crippen LogP contribution in [0.3, 0.4) is 0 Å². The lowest BCUT2D eigenvalue weighted by Gasteiger charge is -2.28. The van der Waals surface area contributed by atoms with Crippen molar-refractivity contribution in [1.29, 1.82) is 0 Å². The van der Waals surface area contributed by atoms with Gasteiger partial charge in [0.05, 0.1) is 18.8 Å². The van der Waals surface area contributed by atoms with Crippen LogP contribution in [0.5, 0.6) is 0 Å². The Bertz CT molecular complexity index is 614. The molecule has 0 atom stereocenters. The molecular formula is C16H22ClN3O4. The first kappa shape index (κ1) is 19.8. The number of hydrazine groups is 1. The van der Waals surface area contributed by atoms with E-state index in [1.165, 1.54) is 23.3 Å². The number of anilines is 1. The molecule has 0 unspecified atom stereocenters. The van der Waals surface area contributed by atoms with Crippen molar-refractivity contribution in [3.63, 3.8) is 0 Å². The van der Waals surface area contributed by atoms with Crippen LogP contribution in [-0.4, -0.2) is 40.8 Å². The molecule has 1 N–H and O–H groups in total. The third-order valence-corrected chi connectivity index (χ3v) is 2.75. The Morgan fingerprint density at radius 2 is 2.12 bits per heavy atom. The lowest BCUT2D eigenvalue weighted by Crippen LogP contribution is -2.41. The third kappa shape index (κ3) is 6.08. The van der Waals surface area contributed by atoms with Crippen LogP contribution in [0.1, 0.15) is 38.1 Å². The molecule has 0 spiro atoms. The van der Waals surface area contributed by atoms with E-state index < -0.39 is 17.7 Å². The number of carbonyl (C=O) groups excluding carboxylic acids is 2. The van der Waals surface area contributed by atoms with Gasteiger partial charge in [0.1, 0.15) is 16.3 Å². The van der Waals surface area contributed by atoms with Gasteiger partial charge in [-0.2, -0.15) is 0 Å². The Morgan fingerprint density at radius 3 is 2.67 bits per heavy atom. The van der Waals surface area contributed by atoms with Crippen molar-refractivity contribution in [2.75, 3.05) is 18.6 Å². The largest absolute Gasteiger partial charge is 0.462 e. The molecule has 0 fully saturated rings. The summed E-state index contributed by atoms with van der Waals surface area (Å²) >= 11 is 5.89. The van der Waals surface area contributed by atoms with E-state index in [-0.39, 0.29) is 29.6 Å². The number of hydrogen-bond donors (Lipinski definition) is 1. The summed E-state index contributed by atoms with van der Waals surface area (Å²) in [6.45, 7) is 10.9. The molecule has 0 radical (unpaired) electrons. The zero-order valence-electron chi connectivity index (χ0n) is 14.3. The zero-order valence-corrected chi connectivity index (χ0v) is 15.0. The molecule has 1 aromatic heterocycles. The highest BCUT2D eigenvalue weighted by Crippen LogP contribution is 2.21. The first-order valence-electron chi connectivity index (χ1n) is 7.38. The number of nitrogens with one attached hydrogen (secondary N) is 1. The fourth-order valence-corrected chi connectivity index (χ4v) is 1.81. The average molecular weight is 356 g/mol. The maximum Gasteiger partial charge on any atom is 0.429 e. The summed E-state index contributed by atoms with van der Waals surface area (Å²) in [5, 5.41) is 1.33. The molecule has 1 amide bonds. The Balaban J connectivity index is 3.09. The van der Waals surface area contributed by atoms with Crippen LogP contribution in [0.2, 0.25) is 5.15 Å². The van der Waals surface area contributed by atoms with Crippen LogP contribution in [-0.2, 0) is 9.47 Å². The molecule has 0 saturated carbocycles. The fourth-order valence-electron chi connectivity index (χ4n) is 1.65. The summed E-state index contributed by atoms with van der Waals surface area (Å²) < 4.78 is 10.3. The Labute approximate surface area is 146 Å². The van der Waals surface area contributed by atoms with Crippen molar-refractivity contribution >= 4 is 29.4 Å². The summed E-state index contributed by atoms with van der Waals surface area (Å²) in [6.07, 6.45) is 2.18. The lowest BCUT2D eigenvalue weighted by molar-refractivity contribution is 0.0313. The van der Waals surface area contributed by atoms with Crippen LogP contribution in [0.15, 0.2) is 24.9 Å². The van der Waals surface area contributed by atoms with Crippen molar-refractivity contribution in [3.8, 4) is 0 Å². The number of ether oxygens (including phenoxy) is 2. The summed E-state index contributed by atoms with van der Waals surface area (Å²) in [5.74, 6) is -0.577. The van der Waals surface area contributed by atoms with Crippen molar-refractivity contribution in [1.82, 2.24) is 9.99 Å². The van der Waals surface area contributed by atoms with Crippen LogP contribution in [0, 0.1) is 0 Å². The van der Waals surface area contributed by atoms with Gasteiger partial charge in [-0.15, -0.1) is 6.58 Å². The highest BCUT2D eigenvalue weighted by molar-refractivity contribution is 6.29. The topological polar surface area (TPSA) is 80.8 Å². The van der Waals surface area contributed by atoms with Gasteiger partial charge in [-0.25, -0.2) is 19.6 Å². The van der Waals surface area contributed by atoms with Gasteiger partial charge >= 0.3 is 12.1 Å². The van der Waals surface area contributed by atoms with E-state index in [0.29, 0.717) is 0 Å². The number of hydrogen-bond acceptors (Lipinski definition) is 6. The predicted octanol–water partition coefficient (Wildman–Crippen LogP) is 3.66. The smallest absolute Gasteiger partial charge is 0.429 e. The highest BCUT2D eigenvalue weighted by Gasteiger charge is 2.23. The molecule has 1 heterocycles. The van der Waals surface area contributed by atoms with Gasteiger partial charge < -0.3 is 9.47 Å². The van der Waals surface area contributed by atoms with E-state index in [1.807, 2.05) is 0 Å². The molecule has 0 aliphatic rings. The maximum atomic E-state index is 12.3. The second kappa shape index (κ2) is 8.54. The van der Waals surface area contributed by atoms with Gasteiger partial charge in [-0.05, 0) is 27.7 Å². The molecule has 132 valence electrons. The molecule has 8 heteroatoms. The van der Waals surface area contributed by atoms with Gasteiger partial charge in [0.2, 0.25) is 0 Å². The van der Waals surface area contributed by atoms with E-state index in [4.69, 9.17) is 21.1 Å². The van der Waals surface area contributed by atoms with Crippen LogP contribution < -0.4 is 5.43 Å². The SMILES string of the molecule is C=CCN(Nc1cc(Cl)ncc1C(=O)OCC)C(=O)OC(C)(C)C. The number of pyridine rings is 1. The predicted molar refractivity (Wildman–Crippen MR) is 92.0 cm³/mol. The first-order valence-corrected chi connectivity index (χ1v) is 7.76. The van der Waals surface area contributed by atoms with Crippen LogP contribution >= 0.6 is 11.6 Å². The van der Waals surface area contributed by atoms with E-state index in [2.05, 4.69) is 17.0 Å². The highest BCUT2D eigenvalue weighted by atomic mass is 35.5. The number of carbonyl (C=O) groups is 2. The second-order valence-electron chi connectivity index (χ2n) is 5.76. The maximum absolute atomic E-state index is 12.3. The molecule has 0 saturated heterocycles. The van der Waals surface area contributed by atoms with Gasteiger partial charge in [0.15, 0.2) is 0 Å². The molecule has 24 heavy (non-hydrogen) atoms. The zero-order chi connectivity index (χ0) is 18.3. The summed E-state index contributed by atoms with van der Waals surface area (Å²) in [7, 11) is 0. The second-order valence-corrected chi connectivity index (χ2v) is 6.15. The molecule has 0 aliphatic heterocycles. The van der Waals surface area contributed by atoms with Crippen molar-refractivity contribution < 1.29 is 19.1 Å². The minimum atomic E-state index is -0.669. The first-order chi connectivity index (χ1) is 11.2. The molecule has 0 bridgehead atoms. The van der Waals surface area contributed by atoms with Gasteiger partial charge in [0.25, 0.3) is 0 Å². The van der Waals surface area contributed by atoms with Gasteiger partial charge in [-0.1, -0.05) is 17.7 Å². The average Bonchev–Trinajstić information content (AvgIpc) is 2.45. The van der Waals surface area contributed by atoms with Crippen LogP contribution in [0.4, 0.5) is 10.5 Å². The summed E-state index contributed by atoms with van der Waals surface area (Å²) in [5.41, 5.74) is 2.58. The van der Waals surface area contributed by atoms with Crippen molar-refractivity contribution in [2.24, 2.45) is 0 Å². The summed E-state index contributed by atoms with van der Waals surface area (Å²) in [6, 6.07) is 1.42. The molecule has 1 rings (SSSR count). The Hall–Kier alpha value is -2.28. The Morgan fingerprint density at radius 1 is 1.46 bits per heavy atom. The van der Waals surface area contributed by atoms with E-state index in [1.54, 1.807) is 27.7 Å². The number of aromatic nitrogens is 1. The normalized spacial score (nSPS) is 10.7. The van der Waals surface area contributed by atoms with Crippen molar-refractivity contribution in [2.45, 2.75) is 33.3 Å². The molecule has 1 aromatic rings. The van der Waals surface area contributed by atoms with E-state index in [0.717, 1.165) is 0 Å². The summed E-state index contributed by atoms with van der Waals surface area (Å²) in [4.78, 5) is 28.2. The Kier molecular flexibility index (Phi) is 7.03. The fraction of sp³-hybridized carbons (Fsp3) is 0.438. The van der Waals surface area contributed by atoms with E-state index in [9.17, 15) is 9.59 Å². The minimum Gasteiger partial charge on any atom is -0.462 e. The molecule has 7 nitrogen and oxygen atoms in total. The molecular weight excluding hydrogens is 334 g/mol.